The number of nitrogens with zero attached hydrogens (tertiary/aromatic N) is 3. The number of aryl methyl sites for hydroxylation is 2. The number of pyridine rings is 1. The normalized spacial score (nSPS) is 11.3. The Hall–Kier alpha value is -1.90. The van der Waals surface area contributed by atoms with E-state index in [1.807, 2.05) is 36.1 Å². The van der Waals surface area contributed by atoms with E-state index in [2.05, 4.69) is 23.1 Å². The number of benzene rings is 1. The summed E-state index contributed by atoms with van der Waals surface area (Å²) in [6.45, 7) is 2.09. The fourth-order valence-corrected chi connectivity index (χ4v) is 1.99. The average molecular weight is 197 g/mol. The van der Waals surface area contributed by atoms with Crippen molar-refractivity contribution in [3.8, 4) is 0 Å². The van der Waals surface area contributed by atoms with Gasteiger partial charge in [0.1, 0.15) is 5.52 Å². The Bertz CT molecular complexity index is 652. The first-order valence-corrected chi connectivity index (χ1v) is 4.94. The van der Waals surface area contributed by atoms with Gasteiger partial charge in [-0.3, -0.25) is 9.67 Å². The monoisotopic (exact) mass is 197 g/mol. The van der Waals surface area contributed by atoms with Gasteiger partial charge in [0.25, 0.3) is 0 Å². The van der Waals surface area contributed by atoms with Crippen LogP contribution in [0.4, 0.5) is 0 Å². The SMILES string of the molecule is Cc1c2c(cnc3ccccc32)nn1C. The van der Waals surface area contributed by atoms with Gasteiger partial charge in [-0.15, -0.1) is 0 Å². The van der Waals surface area contributed by atoms with Crippen molar-refractivity contribution < 1.29 is 0 Å². The number of para-hydroxylation sites is 1. The molecule has 2 aromatic heterocycles. The molecule has 0 spiro atoms. The molecule has 3 rings (SSSR count). The third-order valence-electron chi connectivity index (χ3n) is 2.86. The summed E-state index contributed by atoms with van der Waals surface area (Å²) in [5.41, 5.74) is 3.18. The van der Waals surface area contributed by atoms with Gasteiger partial charge in [0.05, 0.1) is 11.7 Å². The molecule has 0 bridgehead atoms. The van der Waals surface area contributed by atoms with E-state index < -0.39 is 0 Å². The van der Waals surface area contributed by atoms with Crippen LogP contribution in [-0.4, -0.2) is 14.8 Å². The lowest BCUT2D eigenvalue weighted by atomic mass is 10.1. The predicted octanol–water partition coefficient (Wildman–Crippen LogP) is 2.43. The molecule has 3 nitrogen and oxygen atoms in total. The van der Waals surface area contributed by atoms with Crippen LogP contribution in [-0.2, 0) is 7.05 Å². The molecule has 0 aliphatic carbocycles. The third-order valence-corrected chi connectivity index (χ3v) is 2.86. The first-order chi connectivity index (χ1) is 7.27. The number of hydrogen-bond donors (Lipinski definition) is 0. The summed E-state index contributed by atoms with van der Waals surface area (Å²) in [7, 11) is 1.96. The summed E-state index contributed by atoms with van der Waals surface area (Å²) in [4.78, 5) is 4.39. The Balaban J connectivity index is 2.63. The van der Waals surface area contributed by atoms with Gasteiger partial charge in [0.15, 0.2) is 0 Å². The molecule has 0 N–H and O–H groups in total. The summed E-state index contributed by atoms with van der Waals surface area (Å²) in [6.07, 6.45) is 1.84. The fourth-order valence-electron chi connectivity index (χ4n) is 1.99. The zero-order valence-corrected chi connectivity index (χ0v) is 8.73. The zero-order chi connectivity index (χ0) is 10.4. The smallest absolute Gasteiger partial charge is 0.111 e. The van der Waals surface area contributed by atoms with E-state index >= 15 is 0 Å². The second kappa shape index (κ2) is 2.79. The van der Waals surface area contributed by atoms with Crippen molar-refractivity contribution in [3.63, 3.8) is 0 Å². The van der Waals surface area contributed by atoms with E-state index in [1.165, 1.54) is 16.5 Å². The molecule has 0 aliphatic heterocycles. The van der Waals surface area contributed by atoms with Gasteiger partial charge in [0.2, 0.25) is 0 Å². The number of rotatable bonds is 0. The summed E-state index contributed by atoms with van der Waals surface area (Å²) in [6, 6.07) is 8.17. The Morgan fingerprint density at radius 2 is 1.93 bits per heavy atom. The molecule has 0 radical (unpaired) electrons. The van der Waals surface area contributed by atoms with Gasteiger partial charge in [-0.2, -0.15) is 5.10 Å². The standard InChI is InChI=1S/C12H11N3/c1-8-12-9-5-3-4-6-10(9)13-7-11(12)14-15(8)2/h3-7H,1-2H3. The molecule has 0 aliphatic rings. The van der Waals surface area contributed by atoms with Crippen LogP contribution in [0.5, 0.6) is 0 Å². The lowest BCUT2D eigenvalue weighted by molar-refractivity contribution is 0.751. The summed E-state index contributed by atoms with van der Waals surface area (Å²) < 4.78 is 1.90. The van der Waals surface area contributed by atoms with Crippen LogP contribution >= 0.6 is 0 Å². The van der Waals surface area contributed by atoms with E-state index in [0.29, 0.717) is 0 Å². The minimum absolute atomic E-state index is 0.966. The van der Waals surface area contributed by atoms with Crippen molar-refractivity contribution in [2.45, 2.75) is 6.92 Å². The maximum atomic E-state index is 4.42. The van der Waals surface area contributed by atoms with E-state index in [-0.39, 0.29) is 0 Å². The lowest BCUT2D eigenvalue weighted by Crippen LogP contribution is -1.91. The molecule has 0 atom stereocenters. The number of fused-ring (bicyclic) bond motifs is 3. The maximum Gasteiger partial charge on any atom is 0.111 e. The van der Waals surface area contributed by atoms with Crippen LogP contribution in [0.2, 0.25) is 0 Å². The van der Waals surface area contributed by atoms with E-state index in [4.69, 9.17) is 0 Å². The average Bonchev–Trinajstić information content (AvgIpc) is 2.55. The molecular weight excluding hydrogens is 186 g/mol. The topological polar surface area (TPSA) is 30.7 Å². The van der Waals surface area contributed by atoms with Crippen molar-refractivity contribution >= 4 is 21.8 Å². The van der Waals surface area contributed by atoms with Gasteiger partial charge < -0.3 is 0 Å². The third kappa shape index (κ3) is 1.06. The van der Waals surface area contributed by atoms with Gasteiger partial charge in [-0.05, 0) is 13.0 Å². The Labute approximate surface area is 87.4 Å². The summed E-state index contributed by atoms with van der Waals surface area (Å²) in [5, 5.41) is 6.81. The minimum Gasteiger partial charge on any atom is -0.272 e. The first-order valence-electron chi connectivity index (χ1n) is 4.94. The fraction of sp³-hybridized carbons (Fsp3) is 0.167. The molecule has 0 saturated heterocycles. The van der Waals surface area contributed by atoms with Crippen LogP contribution in [0.25, 0.3) is 21.8 Å². The molecule has 74 valence electrons. The molecule has 0 saturated carbocycles. The Kier molecular flexibility index (Phi) is 1.57. The summed E-state index contributed by atoms with van der Waals surface area (Å²) in [5.74, 6) is 0. The highest BCUT2D eigenvalue weighted by Crippen LogP contribution is 2.25. The van der Waals surface area contributed by atoms with Crippen molar-refractivity contribution in [1.82, 2.24) is 14.8 Å². The van der Waals surface area contributed by atoms with Gasteiger partial charge in [-0.1, -0.05) is 18.2 Å². The van der Waals surface area contributed by atoms with Crippen LogP contribution in [0.1, 0.15) is 5.69 Å². The van der Waals surface area contributed by atoms with E-state index in [1.54, 1.807) is 0 Å². The molecule has 3 aromatic rings. The molecule has 2 heterocycles. The molecule has 1 aromatic carbocycles. The summed E-state index contributed by atoms with van der Waals surface area (Å²) >= 11 is 0. The highest BCUT2D eigenvalue weighted by molar-refractivity contribution is 6.05. The largest absolute Gasteiger partial charge is 0.272 e. The van der Waals surface area contributed by atoms with Crippen LogP contribution < -0.4 is 0 Å². The first kappa shape index (κ1) is 8.41. The number of aromatic nitrogens is 3. The molecule has 0 fully saturated rings. The Morgan fingerprint density at radius 1 is 1.13 bits per heavy atom. The van der Waals surface area contributed by atoms with Gasteiger partial charge >= 0.3 is 0 Å². The van der Waals surface area contributed by atoms with Crippen molar-refractivity contribution in [2.24, 2.45) is 7.05 Å². The predicted molar refractivity (Wildman–Crippen MR) is 60.8 cm³/mol. The molecular formula is C12H11N3. The number of hydrogen-bond acceptors (Lipinski definition) is 2. The second-order valence-electron chi connectivity index (χ2n) is 3.74. The molecule has 0 amide bonds. The highest BCUT2D eigenvalue weighted by atomic mass is 15.3. The van der Waals surface area contributed by atoms with E-state index in [9.17, 15) is 0 Å². The van der Waals surface area contributed by atoms with Crippen LogP contribution in [0.15, 0.2) is 30.5 Å². The zero-order valence-electron chi connectivity index (χ0n) is 8.73. The highest BCUT2D eigenvalue weighted by Gasteiger charge is 2.08. The van der Waals surface area contributed by atoms with Gasteiger partial charge in [0, 0.05) is 23.5 Å². The van der Waals surface area contributed by atoms with Crippen LogP contribution in [0, 0.1) is 6.92 Å². The van der Waals surface area contributed by atoms with Crippen molar-refractivity contribution in [2.75, 3.05) is 0 Å². The Morgan fingerprint density at radius 3 is 2.80 bits per heavy atom. The molecule has 3 heteroatoms. The molecule has 0 unspecified atom stereocenters. The molecule has 15 heavy (non-hydrogen) atoms. The minimum atomic E-state index is 0.966. The quantitative estimate of drug-likeness (QED) is 0.554. The van der Waals surface area contributed by atoms with Crippen molar-refractivity contribution in [1.29, 1.82) is 0 Å². The lowest BCUT2D eigenvalue weighted by Gasteiger charge is -1.98. The second-order valence-corrected chi connectivity index (χ2v) is 3.74. The van der Waals surface area contributed by atoms with E-state index in [0.717, 1.165) is 11.0 Å². The van der Waals surface area contributed by atoms with Crippen LogP contribution in [0.3, 0.4) is 0 Å². The van der Waals surface area contributed by atoms with Gasteiger partial charge in [-0.25, -0.2) is 0 Å². The maximum absolute atomic E-state index is 4.42. The van der Waals surface area contributed by atoms with Crippen molar-refractivity contribution in [3.05, 3.63) is 36.2 Å².